The summed E-state index contributed by atoms with van der Waals surface area (Å²) < 4.78 is 0. The number of hydrogen-bond donors (Lipinski definition) is 2. The molecule has 152 valence electrons. The Balaban J connectivity index is 1.60. The van der Waals surface area contributed by atoms with Crippen molar-refractivity contribution in [3.8, 4) is 0 Å². The van der Waals surface area contributed by atoms with Gasteiger partial charge in [-0.3, -0.25) is 14.7 Å². The molecule has 0 aliphatic carbocycles. The Morgan fingerprint density at radius 1 is 1.18 bits per heavy atom. The van der Waals surface area contributed by atoms with Gasteiger partial charge in [0, 0.05) is 31.9 Å². The molecule has 7 heteroatoms. The number of para-hydroxylation sites is 1. The third-order valence-corrected chi connectivity index (χ3v) is 5.54. The van der Waals surface area contributed by atoms with E-state index in [0.717, 1.165) is 24.7 Å². The summed E-state index contributed by atoms with van der Waals surface area (Å²) in [4.78, 5) is 33.0. The highest BCUT2D eigenvalue weighted by molar-refractivity contribution is 6.06. The average Bonchev–Trinajstić information content (AvgIpc) is 2.95. The van der Waals surface area contributed by atoms with Crippen molar-refractivity contribution in [2.75, 3.05) is 31.5 Å². The highest BCUT2D eigenvalue weighted by Crippen LogP contribution is 2.21. The first-order valence-corrected chi connectivity index (χ1v) is 10.3. The minimum atomic E-state index is -0.770. The first-order chi connectivity index (χ1) is 13.5. The third kappa shape index (κ3) is 4.64. The second kappa shape index (κ2) is 9.08. The van der Waals surface area contributed by atoms with Crippen LogP contribution in [0.4, 0.5) is 10.5 Å². The molecule has 2 aliphatic rings. The summed E-state index contributed by atoms with van der Waals surface area (Å²) >= 11 is 0. The van der Waals surface area contributed by atoms with Crippen molar-refractivity contribution in [1.29, 1.82) is 0 Å². The highest BCUT2D eigenvalue weighted by Gasteiger charge is 2.45. The van der Waals surface area contributed by atoms with Crippen LogP contribution in [0.25, 0.3) is 0 Å². The summed E-state index contributed by atoms with van der Waals surface area (Å²) in [6.45, 7) is 6.64. The van der Waals surface area contributed by atoms with E-state index in [1.807, 2.05) is 37.3 Å². The van der Waals surface area contributed by atoms with Crippen molar-refractivity contribution >= 4 is 23.6 Å². The molecule has 2 saturated heterocycles. The van der Waals surface area contributed by atoms with Gasteiger partial charge in [0.25, 0.3) is 5.91 Å². The van der Waals surface area contributed by atoms with Gasteiger partial charge in [0.2, 0.25) is 0 Å². The first-order valence-electron chi connectivity index (χ1n) is 10.3. The van der Waals surface area contributed by atoms with Gasteiger partial charge in [0.05, 0.1) is 0 Å². The molecule has 1 atom stereocenters. The van der Waals surface area contributed by atoms with E-state index in [4.69, 9.17) is 4.99 Å². The number of piperidine rings is 1. The zero-order valence-corrected chi connectivity index (χ0v) is 16.9. The molecule has 1 unspecified atom stereocenters. The van der Waals surface area contributed by atoms with Crippen molar-refractivity contribution in [1.82, 2.24) is 15.1 Å². The van der Waals surface area contributed by atoms with Crippen LogP contribution in [-0.4, -0.2) is 59.4 Å². The number of amides is 3. The molecule has 0 spiro atoms. The van der Waals surface area contributed by atoms with Crippen molar-refractivity contribution in [3.63, 3.8) is 0 Å². The molecule has 1 aromatic carbocycles. The van der Waals surface area contributed by atoms with Crippen LogP contribution in [0.15, 0.2) is 35.3 Å². The molecule has 2 fully saturated rings. The lowest BCUT2D eigenvalue weighted by Gasteiger charge is -2.30. The molecule has 7 nitrogen and oxygen atoms in total. The molecule has 0 aromatic heterocycles. The Bertz CT molecular complexity index is 715. The lowest BCUT2D eigenvalue weighted by Crippen LogP contribution is -2.43. The molecular weight excluding hydrogens is 354 g/mol. The van der Waals surface area contributed by atoms with E-state index in [9.17, 15) is 9.59 Å². The molecule has 28 heavy (non-hydrogen) atoms. The lowest BCUT2D eigenvalue weighted by atomic mass is 9.99. The van der Waals surface area contributed by atoms with Gasteiger partial charge in [-0.25, -0.2) is 4.79 Å². The van der Waals surface area contributed by atoms with Crippen LogP contribution in [0.2, 0.25) is 0 Å². The molecule has 3 amide bonds. The average molecular weight is 386 g/mol. The van der Waals surface area contributed by atoms with Gasteiger partial charge in [-0.05, 0) is 51.2 Å². The Hall–Kier alpha value is -2.57. The Morgan fingerprint density at radius 3 is 2.54 bits per heavy atom. The third-order valence-electron chi connectivity index (χ3n) is 5.54. The second-order valence-electron chi connectivity index (χ2n) is 7.67. The van der Waals surface area contributed by atoms with Gasteiger partial charge >= 0.3 is 6.03 Å². The van der Waals surface area contributed by atoms with Crippen LogP contribution < -0.4 is 10.6 Å². The fourth-order valence-electron chi connectivity index (χ4n) is 3.58. The SMILES string of the molecule is CCC1(C)NC(=O)N(CCCN=C(Nc2ccccc2)N2CCCCC2)C1=O. The highest BCUT2D eigenvalue weighted by atomic mass is 16.2. The van der Waals surface area contributed by atoms with Gasteiger partial charge in [-0.15, -0.1) is 0 Å². The summed E-state index contributed by atoms with van der Waals surface area (Å²) in [5, 5.41) is 6.23. The van der Waals surface area contributed by atoms with Crippen molar-refractivity contribution < 1.29 is 9.59 Å². The van der Waals surface area contributed by atoms with Crippen LogP contribution in [0.3, 0.4) is 0 Å². The molecule has 0 bridgehead atoms. The van der Waals surface area contributed by atoms with E-state index in [2.05, 4.69) is 15.5 Å². The van der Waals surface area contributed by atoms with Gasteiger partial charge < -0.3 is 15.5 Å². The van der Waals surface area contributed by atoms with Crippen LogP contribution in [0.1, 0.15) is 46.0 Å². The van der Waals surface area contributed by atoms with E-state index in [1.165, 1.54) is 24.2 Å². The molecule has 3 rings (SSSR count). The van der Waals surface area contributed by atoms with E-state index in [-0.39, 0.29) is 11.9 Å². The maximum absolute atomic E-state index is 12.5. The maximum atomic E-state index is 12.5. The number of hydrogen-bond acceptors (Lipinski definition) is 3. The number of benzene rings is 1. The Labute approximate surface area is 167 Å². The molecule has 2 aliphatic heterocycles. The minimum absolute atomic E-state index is 0.136. The fourth-order valence-corrected chi connectivity index (χ4v) is 3.58. The fraction of sp³-hybridized carbons (Fsp3) is 0.571. The number of rotatable bonds is 6. The zero-order chi connectivity index (χ0) is 20.0. The molecule has 0 saturated carbocycles. The molecular formula is C21H31N5O2. The molecule has 0 radical (unpaired) electrons. The first kappa shape index (κ1) is 20.2. The van der Waals surface area contributed by atoms with Crippen LogP contribution in [-0.2, 0) is 4.79 Å². The van der Waals surface area contributed by atoms with E-state index >= 15 is 0 Å². The molecule has 2 heterocycles. The Morgan fingerprint density at radius 2 is 1.89 bits per heavy atom. The number of likely N-dealkylation sites (tertiary alicyclic amines) is 1. The monoisotopic (exact) mass is 385 g/mol. The number of carbonyl (C=O) groups excluding carboxylic acids is 2. The predicted octanol–water partition coefficient (Wildman–Crippen LogP) is 3.05. The summed E-state index contributed by atoms with van der Waals surface area (Å²) in [5.74, 6) is 0.740. The normalized spacial score (nSPS) is 23.1. The van der Waals surface area contributed by atoms with Gasteiger partial charge in [0.1, 0.15) is 5.54 Å². The predicted molar refractivity (Wildman–Crippen MR) is 111 cm³/mol. The largest absolute Gasteiger partial charge is 0.343 e. The Kier molecular flexibility index (Phi) is 6.54. The van der Waals surface area contributed by atoms with Crippen molar-refractivity contribution in [2.45, 2.75) is 51.5 Å². The topological polar surface area (TPSA) is 77.0 Å². The van der Waals surface area contributed by atoms with E-state index in [1.54, 1.807) is 6.92 Å². The molecule has 2 N–H and O–H groups in total. The minimum Gasteiger partial charge on any atom is -0.343 e. The summed E-state index contributed by atoms with van der Waals surface area (Å²) in [7, 11) is 0. The van der Waals surface area contributed by atoms with E-state index < -0.39 is 5.54 Å². The number of nitrogens with one attached hydrogen (secondary N) is 2. The number of carbonyl (C=O) groups is 2. The quantitative estimate of drug-likeness (QED) is 0.341. The lowest BCUT2D eigenvalue weighted by molar-refractivity contribution is -0.130. The number of guanidine groups is 1. The molecule has 1 aromatic rings. The van der Waals surface area contributed by atoms with Gasteiger partial charge in [-0.1, -0.05) is 25.1 Å². The number of anilines is 1. The maximum Gasteiger partial charge on any atom is 0.325 e. The van der Waals surface area contributed by atoms with Crippen molar-refractivity contribution in [2.24, 2.45) is 4.99 Å². The van der Waals surface area contributed by atoms with Crippen LogP contribution in [0.5, 0.6) is 0 Å². The smallest absolute Gasteiger partial charge is 0.325 e. The van der Waals surface area contributed by atoms with Crippen LogP contribution >= 0.6 is 0 Å². The summed E-state index contributed by atoms with van der Waals surface area (Å²) in [5.41, 5.74) is 0.244. The number of aliphatic imine (C=N–C) groups is 1. The van der Waals surface area contributed by atoms with E-state index in [0.29, 0.717) is 25.9 Å². The number of urea groups is 1. The second-order valence-corrected chi connectivity index (χ2v) is 7.67. The number of nitrogens with zero attached hydrogens (tertiary/aromatic N) is 3. The van der Waals surface area contributed by atoms with Crippen LogP contribution in [0, 0.1) is 0 Å². The number of imide groups is 1. The zero-order valence-electron chi connectivity index (χ0n) is 16.9. The summed E-state index contributed by atoms with van der Waals surface area (Å²) in [6, 6.07) is 9.75. The van der Waals surface area contributed by atoms with Crippen molar-refractivity contribution in [3.05, 3.63) is 30.3 Å². The standard InChI is InChI=1S/C21H31N5O2/c1-3-21(2)18(27)26(20(28)24-21)16-10-13-22-19(25-14-8-5-9-15-25)23-17-11-6-4-7-12-17/h4,6-7,11-12H,3,5,8-10,13-16H2,1-2H3,(H,22,23)(H,24,28). The van der Waals surface area contributed by atoms with Gasteiger partial charge in [-0.2, -0.15) is 0 Å². The summed E-state index contributed by atoms with van der Waals surface area (Å²) in [6.07, 6.45) is 4.84. The van der Waals surface area contributed by atoms with Gasteiger partial charge in [0.15, 0.2) is 5.96 Å².